The summed E-state index contributed by atoms with van der Waals surface area (Å²) in [7, 11) is 0. The lowest BCUT2D eigenvalue weighted by Crippen LogP contribution is -2.47. The molecule has 1 aromatic rings. The van der Waals surface area contributed by atoms with Crippen molar-refractivity contribution in [2.24, 2.45) is 11.8 Å². The second-order valence-electron chi connectivity index (χ2n) is 8.75. The van der Waals surface area contributed by atoms with E-state index in [1.54, 1.807) is 12.1 Å². The number of halogens is 3. The van der Waals surface area contributed by atoms with Crippen molar-refractivity contribution < 1.29 is 22.8 Å². The fourth-order valence-corrected chi connectivity index (χ4v) is 5.13. The van der Waals surface area contributed by atoms with Crippen LogP contribution in [0.3, 0.4) is 0 Å². The highest BCUT2D eigenvalue weighted by Crippen LogP contribution is 2.45. The highest BCUT2D eigenvalue weighted by atomic mass is 19.3. The normalized spacial score (nSPS) is 27.6. The summed E-state index contributed by atoms with van der Waals surface area (Å²) in [5, 5.41) is 5.24. The number of nitrogens with one attached hydrogen (secondary N) is 2. The van der Waals surface area contributed by atoms with Gasteiger partial charge in [0.15, 0.2) is 0 Å². The number of anilines is 2. The molecule has 2 heterocycles. The number of amides is 2. The van der Waals surface area contributed by atoms with Gasteiger partial charge in [-0.15, -0.1) is 0 Å². The van der Waals surface area contributed by atoms with Gasteiger partial charge in [0.25, 0.3) is 5.92 Å². The van der Waals surface area contributed by atoms with Crippen LogP contribution in [0.4, 0.5) is 24.5 Å². The summed E-state index contributed by atoms with van der Waals surface area (Å²) in [6.45, 7) is 1.13. The van der Waals surface area contributed by atoms with Crippen molar-refractivity contribution >= 4 is 23.2 Å². The number of alkyl halides is 2. The van der Waals surface area contributed by atoms with Crippen molar-refractivity contribution in [1.29, 1.82) is 0 Å². The third kappa shape index (κ3) is 4.42. The van der Waals surface area contributed by atoms with E-state index in [9.17, 15) is 22.8 Å². The molecule has 2 unspecified atom stereocenters. The smallest absolute Gasteiger partial charge is 0.251 e. The Labute approximate surface area is 174 Å². The first-order chi connectivity index (χ1) is 14.3. The maximum absolute atomic E-state index is 14.8. The van der Waals surface area contributed by atoms with Gasteiger partial charge < -0.3 is 10.2 Å². The topological polar surface area (TPSA) is 61.4 Å². The lowest BCUT2D eigenvalue weighted by atomic mass is 9.73. The minimum atomic E-state index is -2.57. The van der Waals surface area contributed by atoms with Crippen LogP contribution in [-0.2, 0) is 9.59 Å². The van der Waals surface area contributed by atoms with Crippen LogP contribution in [0.2, 0.25) is 0 Å². The molecule has 5 nitrogen and oxygen atoms in total. The van der Waals surface area contributed by atoms with Crippen LogP contribution in [0.5, 0.6) is 0 Å². The molecule has 164 valence electrons. The number of carbonyl (C=O) groups excluding carboxylic acids is 2. The Kier molecular flexibility index (Phi) is 5.93. The lowest BCUT2D eigenvalue weighted by molar-refractivity contribution is -0.133. The Morgan fingerprint density at radius 2 is 1.83 bits per heavy atom. The minimum Gasteiger partial charge on any atom is -0.374 e. The van der Waals surface area contributed by atoms with E-state index in [2.05, 4.69) is 10.6 Å². The van der Waals surface area contributed by atoms with Crippen molar-refractivity contribution in [3.8, 4) is 0 Å². The zero-order chi connectivity index (χ0) is 21.3. The molecule has 0 spiro atoms. The number of carbonyl (C=O) groups is 2. The van der Waals surface area contributed by atoms with E-state index >= 15 is 0 Å². The third-order valence-corrected chi connectivity index (χ3v) is 6.79. The molecule has 8 heteroatoms. The highest BCUT2D eigenvalue weighted by molar-refractivity contribution is 6.01. The summed E-state index contributed by atoms with van der Waals surface area (Å²) in [4.78, 5) is 25.0. The minimum absolute atomic E-state index is 0.00581. The van der Waals surface area contributed by atoms with E-state index in [1.165, 1.54) is 6.07 Å². The number of benzene rings is 1. The number of hydrogen-bond acceptors (Lipinski definition) is 4. The molecule has 30 heavy (non-hydrogen) atoms. The fraction of sp³-hybridized carbons (Fsp3) is 0.636. The molecule has 2 N–H and O–H groups in total. The number of imide groups is 1. The number of piperidine rings is 2. The molecule has 1 saturated carbocycles. The first-order valence-electron chi connectivity index (χ1n) is 10.9. The van der Waals surface area contributed by atoms with E-state index in [-0.39, 0.29) is 24.7 Å². The molecule has 1 aromatic carbocycles. The quantitative estimate of drug-likeness (QED) is 0.717. The monoisotopic (exact) mass is 423 g/mol. The predicted molar refractivity (Wildman–Crippen MR) is 108 cm³/mol. The average molecular weight is 423 g/mol. The Balaban J connectivity index is 1.36. The second-order valence-corrected chi connectivity index (χ2v) is 8.75. The lowest BCUT2D eigenvalue weighted by Gasteiger charge is -2.42. The van der Waals surface area contributed by atoms with Gasteiger partial charge in [0.1, 0.15) is 11.9 Å². The first-order valence-corrected chi connectivity index (χ1v) is 10.9. The molecule has 0 radical (unpaired) electrons. The van der Waals surface area contributed by atoms with E-state index < -0.39 is 29.6 Å². The summed E-state index contributed by atoms with van der Waals surface area (Å²) in [6, 6.07) is 4.16. The standard InChI is InChI=1S/C22H28F3N3O2/c23-17-13-15(26-18-5-7-20(29)27-21(18)30)4-6-19(17)28-11-8-14(9-12-28)16-3-1-2-10-22(16,24)25/h4,6,13-14,16,18,26H,1-3,5,7-12H2,(H,27,29,30). The molecule has 0 aromatic heterocycles. The molecule has 1 aliphatic carbocycles. The van der Waals surface area contributed by atoms with Crippen LogP contribution in [0.25, 0.3) is 0 Å². The van der Waals surface area contributed by atoms with Gasteiger partial charge in [-0.25, -0.2) is 13.2 Å². The molecule has 3 fully saturated rings. The van der Waals surface area contributed by atoms with Crippen molar-refractivity contribution in [2.75, 3.05) is 23.3 Å². The number of rotatable bonds is 4. The second kappa shape index (κ2) is 8.47. The van der Waals surface area contributed by atoms with Crippen molar-refractivity contribution in [2.45, 2.75) is 63.3 Å². The highest BCUT2D eigenvalue weighted by Gasteiger charge is 2.46. The summed E-state index contributed by atoms with van der Waals surface area (Å²) in [5.41, 5.74) is 0.931. The number of nitrogens with zero attached hydrogens (tertiary/aromatic N) is 1. The molecular weight excluding hydrogens is 395 g/mol. The molecule has 3 aliphatic rings. The fourth-order valence-electron chi connectivity index (χ4n) is 5.13. The summed E-state index contributed by atoms with van der Waals surface area (Å²) in [6.07, 6.45) is 3.97. The Morgan fingerprint density at radius 1 is 1.07 bits per heavy atom. The third-order valence-electron chi connectivity index (χ3n) is 6.79. The predicted octanol–water partition coefficient (Wildman–Crippen LogP) is 4.08. The van der Waals surface area contributed by atoms with Gasteiger partial charge in [-0.3, -0.25) is 14.9 Å². The van der Waals surface area contributed by atoms with Gasteiger partial charge in [0.05, 0.1) is 5.69 Å². The maximum Gasteiger partial charge on any atom is 0.251 e. The van der Waals surface area contributed by atoms with Crippen LogP contribution in [0.1, 0.15) is 51.4 Å². The maximum atomic E-state index is 14.8. The van der Waals surface area contributed by atoms with E-state index in [0.717, 1.165) is 6.42 Å². The average Bonchev–Trinajstić information content (AvgIpc) is 2.70. The Bertz CT molecular complexity index is 809. The van der Waals surface area contributed by atoms with Gasteiger partial charge in [-0.2, -0.15) is 0 Å². The molecule has 4 rings (SSSR count). The zero-order valence-corrected chi connectivity index (χ0v) is 16.9. The summed E-state index contributed by atoms with van der Waals surface area (Å²) in [5.74, 6) is -4.23. The van der Waals surface area contributed by atoms with E-state index in [1.807, 2.05) is 4.90 Å². The molecule has 2 saturated heterocycles. The zero-order valence-electron chi connectivity index (χ0n) is 16.9. The van der Waals surface area contributed by atoms with Crippen molar-refractivity contribution in [3.63, 3.8) is 0 Å². The Morgan fingerprint density at radius 3 is 2.50 bits per heavy atom. The molecule has 2 aliphatic heterocycles. The van der Waals surface area contributed by atoms with Crippen LogP contribution in [0.15, 0.2) is 18.2 Å². The van der Waals surface area contributed by atoms with Crippen molar-refractivity contribution in [1.82, 2.24) is 5.32 Å². The number of hydrogen-bond donors (Lipinski definition) is 2. The molecular formula is C22H28F3N3O2. The van der Waals surface area contributed by atoms with Gasteiger partial charge in [-0.05, 0) is 56.2 Å². The van der Waals surface area contributed by atoms with E-state index in [0.29, 0.717) is 56.6 Å². The van der Waals surface area contributed by atoms with Crippen LogP contribution >= 0.6 is 0 Å². The largest absolute Gasteiger partial charge is 0.374 e. The van der Waals surface area contributed by atoms with Crippen LogP contribution < -0.4 is 15.5 Å². The Hall–Kier alpha value is -2.25. The summed E-state index contributed by atoms with van der Waals surface area (Å²) >= 11 is 0. The van der Waals surface area contributed by atoms with Crippen LogP contribution in [0, 0.1) is 17.7 Å². The van der Waals surface area contributed by atoms with Gasteiger partial charge in [-0.1, -0.05) is 6.42 Å². The SMILES string of the molecule is O=C1CCC(Nc2ccc(N3CCC(C4CCCCC4(F)F)CC3)c(F)c2)C(=O)N1. The molecule has 0 bridgehead atoms. The van der Waals surface area contributed by atoms with Crippen molar-refractivity contribution in [3.05, 3.63) is 24.0 Å². The van der Waals surface area contributed by atoms with Crippen LogP contribution in [-0.4, -0.2) is 36.9 Å². The van der Waals surface area contributed by atoms with Gasteiger partial charge >= 0.3 is 0 Å². The molecule has 2 atom stereocenters. The van der Waals surface area contributed by atoms with E-state index in [4.69, 9.17) is 0 Å². The van der Waals surface area contributed by atoms with Gasteiger partial charge in [0, 0.05) is 37.5 Å². The van der Waals surface area contributed by atoms with Gasteiger partial charge in [0.2, 0.25) is 11.8 Å². The molecule has 2 amide bonds. The summed E-state index contributed by atoms with van der Waals surface area (Å²) < 4.78 is 43.4. The first kappa shape index (κ1) is 21.0.